The van der Waals surface area contributed by atoms with Crippen molar-refractivity contribution in [3.63, 3.8) is 0 Å². The molecule has 1 saturated carbocycles. The van der Waals surface area contributed by atoms with Gasteiger partial charge in [-0.2, -0.15) is 0 Å². The number of carbonyl (C=O) groups excluding carboxylic acids is 2. The maximum Gasteiger partial charge on any atom is 0.308 e. The first-order chi connectivity index (χ1) is 17.0. The lowest BCUT2D eigenvalue weighted by atomic mass is 9.82. The van der Waals surface area contributed by atoms with Crippen molar-refractivity contribution in [2.24, 2.45) is 17.8 Å². The summed E-state index contributed by atoms with van der Waals surface area (Å²) in [6.07, 6.45) is 24.5. The second kappa shape index (κ2) is 22.2. The van der Waals surface area contributed by atoms with Gasteiger partial charge in [-0.3, -0.25) is 9.59 Å². The molecule has 0 aromatic rings. The maximum absolute atomic E-state index is 12.4. The van der Waals surface area contributed by atoms with Crippen LogP contribution in [-0.4, -0.2) is 25.2 Å². The molecule has 0 aromatic carbocycles. The molecule has 0 radical (unpaired) electrons. The fraction of sp³-hybridized carbons (Fsp3) is 0.935. The second-order valence-corrected chi connectivity index (χ2v) is 11.4. The highest BCUT2D eigenvalue weighted by atomic mass is 16.5. The van der Waals surface area contributed by atoms with Gasteiger partial charge in [0.25, 0.3) is 0 Å². The number of esters is 2. The molecule has 1 aliphatic carbocycles. The van der Waals surface area contributed by atoms with E-state index < -0.39 is 0 Å². The summed E-state index contributed by atoms with van der Waals surface area (Å²) < 4.78 is 11.1. The van der Waals surface area contributed by atoms with Gasteiger partial charge in [0.2, 0.25) is 0 Å². The molecule has 0 amide bonds. The van der Waals surface area contributed by atoms with Crippen molar-refractivity contribution < 1.29 is 19.1 Å². The summed E-state index contributed by atoms with van der Waals surface area (Å²) in [5.41, 5.74) is 0. The van der Waals surface area contributed by atoms with Crippen LogP contribution in [-0.2, 0) is 19.1 Å². The van der Waals surface area contributed by atoms with Crippen LogP contribution in [0.1, 0.15) is 156 Å². The normalized spacial score (nSPS) is 18.1. The van der Waals surface area contributed by atoms with Crippen LogP contribution in [0.5, 0.6) is 0 Å². The van der Waals surface area contributed by atoms with Gasteiger partial charge in [0, 0.05) is 0 Å². The molecule has 4 nitrogen and oxygen atoms in total. The molecule has 0 unspecified atom stereocenters. The summed E-state index contributed by atoms with van der Waals surface area (Å²) in [4.78, 5) is 24.7. The molecule has 0 spiro atoms. The molecule has 0 atom stereocenters. The van der Waals surface area contributed by atoms with Crippen LogP contribution in [0.3, 0.4) is 0 Å². The molecule has 1 fully saturated rings. The minimum absolute atomic E-state index is 0.0300. The Bertz CT molecular complexity index is 508. The molecular formula is C31H58O4. The minimum atomic E-state index is -0.0578. The Morgan fingerprint density at radius 2 is 0.914 bits per heavy atom. The van der Waals surface area contributed by atoms with Gasteiger partial charge in [0.1, 0.15) is 0 Å². The molecule has 0 N–H and O–H groups in total. The Morgan fingerprint density at radius 3 is 1.29 bits per heavy atom. The van der Waals surface area contributed by atoms with Crippen molar-refractivity contribution in [3.8, 4) is 0 Å². The van der Waals surface area contributed by atoms with Gasteiger partial charge < -0.3 is 9.47 Å². The van der Waals surface area contributed by atoms with E-state index >= 15 is 0 Å². The Hall–Kier alpha value is -1.06. The van der Waals surface area contributed by atoms with Crippen LogP contribution < -0.4 is 0 Å². The third kappa shape index (κ3) is 17.9. The van der Waals surface area contributed by atoms with E-state index in [1.165, 1.54) is 83.5 Å². The van der Waals surface area contributed by atoms with E-state index in [1.54, 1.807) is 0 Å². The third-order valence-electron chi connectivity index (χ3n) is 7.56. The van der Waals surface area contributed by atoms with Crippen molar-refractivity contribution in [1.29, 1.82) is 0 Å². The third-order valence-corrected chi connectivity index (χ3v) is 7.56. The lowest BCUT2D eigenvalue weighted by Gasteiger charge is -2.26. The number of hydrogen-bond acceptors (Lipinski definition) is 4. The Kier molecular flexibility index (Phi) is 20.2. The molecule has 0 aromatic heterocycles. The van der Waals surface area contributed by atoms with E-state index in [2.05, 4.69) is 20.8 Å². The number of carbonyl (C=O) groups is 2. The van der Waals surface area contributed by atoms with Crippen molar-refractivity contribution in [3.05, 3.63) is 0 Å². The van der Waals surface area contributed by atoms with Crippen LogP contribution >= 0.6 is 0 Å². The minimum Gasteiger partial charge on any atom is -0.465 e. The zero-order chi connectivity index (χ0) is 25.6. The SMILES string of the molecule is CCCCCCCCCCCCCOC(=O)C1CCC(C(=O)OCCCCCCCC(C)C)CC1. The molecule has 4 heteroatoms. The van der Waals surface area contributed by atoms with Crippen molar-refractivity contribution in [2.75, 3.05) is 13.2 Å². The Labute approximate surface area is 217 Å². The summed E-state index contributed by atoms with van der Waals surface area (Å²) in [7, 11) is 0. The van der Waals surface area contributed by atoms with Crippen molar-refractivity contribution in [2.45, 2.75) is 156 Å². The van der Waals surface area contributed by atoms with Gasteiger partial charge in [-0.1, -0.05) is 117 Å². The van der Waals surface area contributed by atoms with Gasteiger partial charge in [-0.05, 0) is 44.4 Å². The van der Waals surface area contributed by atoms with Gasteiger partial charge in [0.05, 0.1) is 25.0 Å². The molecule has 35 heavy (non-hydrogen) atoms. The first-order valence-corrected chi connectivity index (χ1v) is 15.4. The summed E-state index contributed by atoms with van der Waals surface area (Å²) >= 11 is 0. The van der Waals surface area contributed by atoms with E-state index in [0.29, 0.717) is 13.2 Å². The largest absolute Gasteiger partial charge is 0.465 e. The predicted octanol–water partition coefficient (Wildman–Crippen LogP) is 9.19. The molecule has 0 heterocycles. The molecular weight excluding hydrogens is 436 g/mol. The fourth-order valence-corrected chi connectivity index (χ4v) is 5.10. The zero-order valence-electron chi connectivity index (χ0n) is 23.6. The quantitative estimate of drug-likeness (QED) is 0.111. The predicted molar refractivity (Wildman–Crippen MR) is 146 cm³/mol. The van der Waals surface area contributed by atoms with Crippen LogP contribution in [0, 0.1) is 17.8 Å². The number of unbranched alkanes of at least 4 members (excludes halogenated alkanes) is 14. The van der Waals surface area contributed by atoms with Crippen LogP contribution in [0.15, 0.2) is 0 Å². The molecule has 1 aliphatic rings. The summed E-state index contributed by atoms with van der Waals surface area (Å²) in [6, 6.07) is 0. The smallest absolute Gasteiger partial charge is 0.308 e. The number of hydrogen-bond donors (Lipinski definition) is 0. The Morgan fingerprint density at radius 1 is 0.571 bits per heavy atom. The lowest BCUT2D eigenvalue weighted by molar-refractivity contribution is -0.155. The first kappa shape index (κ1) is 32.0. The first-order valence-electron chi connectivity index (χ1n) is 15.4. The van der Waals surface area contributed by atoms with Gasteiger partial charge >= 0.3 is 11.9 Å². The Balaban J connectivity index is 1.94. The van der Waals surface area contributed by atoms with Gasteiger partial charge in [-0.15, -0.1) is 0 Å². The van der Waals surface area contributed by atoms with Crippen molar-refractivity contribution >= 4 is 11.9 Å². The van der Waals surface area contributed by atoms with Crippen molar-refractivity contribution in [1.82, 2.24) is 0 Å². The van der Waals surface area contributed by atoms with Crippen LogP contribution in [0.4, 0.5) is 0 Å². The van der Waals surface area contributed by atoms with Crippen LogP contribution in [0.2, 0.25) is 0 Å². The average molecular weight is 495 g/mol. The molecule has 0 aliphatic heterocycles. The number of ether oxygens (including phenoxy) is 2. The highest BCUT2D eigenvalue weighted by molar-refractivity contribution is 5.75. The highest BCUT2D eigenvalue weighted by Crippen LogP contribution is 2.30. The van der Waals surface area contributed by atoms with E-state index in [1.807, 2.05) is 0 Å². The molecule has 0 saturated heterocycles. The summed E-state index contributed by atoms with van der Waals surface area (Å²) in [5.74, 6) is 0.621. The fourth-order valence-electron chi connectivity index (χ4n) is 5.10. The standard InChI is InChI=1S/C31H58O4/c1-4-5-6-7-8-9-10-11-12-15-18-25-34-30(32)28-21-23-29(24-22-28)31(33)35-26-19-16-13-14-17-20-27(2)3/h27-29H,4-26H2,1-3H3. The monoisotopic (exact) mass is 494 g/mol. The van der Waals surface area contributed by atoms with Gasteiger partial charge in [-0.25, -0.2) is 0 Å². The van der Waals surface area contributed by atoms with Gasteiger partial charge in [0.15, 0.2) is 0 Å². The van der Waals surface area contributed by atoms with E-state index in [9.17, 15) is 9.59 Å². The number of rotatable bonds is 22. The van der Waals surface area contributed by atoms with E-state index in [-0.39, 0.29) is 23.8 Å². The van der Waals surface area contributed by atoms with Crippen LogP contribution in [0.25, 0.3) is 0 Å². The highest BCUT2D eigenvalue weighted by Gasteiger charge is 2.31. The lowest BCUT2D eigenvalue weighted by Crippen LogP contribution is -2.28. The summed E-state index contributed by atoms with van der Waals surface area (Å²) in [6.45, 7) is 7.91. The maximum atomic E-state index is 12.4. The zero-order valence-corrected chi connectivity index (χ0v) is 23.6. The second-order valence-electron chi connectivity index (χ2n) is 11.4. The molecule has 1 rings (SSSR count). The molecule has 0 bridgehead atoms. The molecule has 206 valence electrons. The van der Waals surface area contributed by atoms with E-state index in [4.69, 9.17) is 9.47 Å². The van der Waals surface area contributed by atoms with E-state index in [0.717, 1.165) is 57.3 Å². The topological polar surface area (TPSA) is 52.6 Å². The average Bonchev–Trinajstić information content (AvgIpc) is 2.86. The summed E-state index contributed by atoms with van der Waals surface area (Å²) in [5, 5.41) is 0.